The van der Waals surface area contributed by atoms with Crippen LogP contribution in [0, 0.1) is 5.41 Å². The minimum absolute atomic E-state index is 0.210. The van der Waals surface area contributed by atoms with Crippen LogP contribution in [-0.4, -0.2) is 13.9 Å². The van der Waals surface area contributed by atoms with Gasteiger partial charge in [-0.2, -0.15) is 0 Å². The molecule has 2 fully saturated rings. The van der Waals surface area contributed by atoms with Crippen molar-refractivity contribution in [2.45, 2.75) is 64.2 Å². The first-order valence-corrected chi connectivity index (χ1v) is 8.77. The van der Waals surface area contributed by atoms with Crippen LogP contribution in [0.2, 0.25) is 19.6 Å². The molecule has 2 rings (SSSR count). The zero-order valence-electron chi connectivity index (χ0n) is 11.2. The monoisotopic (exact) mass is 200 g/mol. The molecule has 2 heteroatoms. The van der Waals surface area contributed by atoms with Crippen LogP contribution in [0.1, 0.15) is 41.7 Å². The van der Waals surface area contributed by atoms with E-state index in [9.17, 15) is 0 Å². The first kappa shape index (κ1) is 7.47. The van der Waals surface area contributed by atoms with Gasteiger partial charge in [-0.05, 0) is 44.3 Å². The Bertz CT molecular complexity index is 287. The van der Waals surface area contributed by atoms with E-state index in [0.29, 0.717) is 0 Å². The summed E-state index contributed by atoms with van der Waals surface area (Å²) in [6.07, 6.45) is 3.09. The fourth-order valence-electron chi connectivity index (χ4n) is 2.58. The molecule has 1 nitrogen and oxygen atoms in total. The van der Waals surface area contributed by atoms with Gasteiger partial charge in [-0.1, -0.05) is 19.8 Å². The van der Waals surface area contributed by atoms with Crippen molar-refractivity contribution in [1.82, 2.24) is 0 Å². The Hall–Kier alpha value is 0.177. The smallest absolute Gasteiger partial charge is 0.184 e. The summed E-state index contributed by atoms with van der Waals surface area (Å²) in [4.78, 5) is 0. The highest BCUT2D eigenvalue weighted by atomic mass is 28.4. The van der Waals surface area contributed by atoms with Crippen molar-refractivity contribution in [3.05, 3.63) is 0 Å². The third-order valence-corrected chi connectivity index (χ3v) is 4.20. The fraction of sp³-hybridized carbons (Fsp3) is 1.00. The summed E-state index contributed by atoms with van der Waals surface area (Å²) in [5.74, 6) is 0. The predicted molar refractivity (Wildman–Crippen MR) is 58.4 cm³/mol. The molecule has 76 valence electrons. The van der Waals surface area contributed by atoms with Crippen molar-refractivity contribution in [1.29, 1.82) is 0 Å². The molecule has 0 spiro atoms. The highest BCUT2D eigenvalue weighted by Crippen LogP contribution is 2.67. The normalized spacial score (nSPS) is 50.5. The van der Waals surface area contributed by atoms with Gasteiger partial charge in [0, 0.05) is 2.74 Å². The molecule has 2 aliphatic rings. The molecular weight excluding hydrogens is 176 g/mol. The minimum Gasteiger partial charge on any atom is -0.412 e. The Morgan fingerprint density at radius 1 is 1.23 bits per heavy atom. The van der Waals surface area contributed by atoms with E-state index in [1.807, 2.05) is 0 Å². The Balaban J connectivity index is 2.27. The molecule has 2 saturated carbocycles. The third kappa shape index (κ3) is 1.59. The summed E-state index contributed by atoms with van der Waals surface area (Å²) in [6.45, 7) is 8.55. The molecule has 2 unspecified atom stereocenters. The number of hydrogen-bond donors (Lipinski definition) is 0. The topological polar surface area (TPSA) is 9.23 Å². The zero-order chi connectivity index (χ0) is 11.5. The first-order chi connectivity index (χ1) is 6.66. The molecule has 0 heterocycles. The summed E-state index contributed by atoms with van der Waals surface area (Å²) in [5.41, 5.74) is -0.652. The van der Waals surface area contributed by atoms with Crippen LogP contribution in [0.5, 0.6) is 0 Å². The lowest BCUT2D eigenvalue weighted by Crippen LogP contribution is -2.37. The molecule has 0 amide bonds. The summed E-state index contributed by atoms with van der Waals surface area (Å²) in [5, 5.41) is 0. The second kappa shape index (κ2) is 2.60. The van der Waals surface area contributed by atoms with Gasteiger partial charge in [-0.25, -0.2) is 0 Å². The molecule has 0 aromatic carbocycles. The fourth-order valence-corrected chi connectivity index (χ4v) is 4.01. The quantitative estimate of drug-likeness (QED) is 0.619. The van der Waals surface area contributed by atoms with Gasteiger partial charge in [0.05, 0.1) is 5.60 Å². The molecule has 0 N–H and O–H groups in total. The van der Waals surface area contributed by atoms with Gasteiger partial charge in [-0.15, -0.1) is 0 Å². The van der Waals surface area contributed by atoms with Gasteiger partial charge < -0.3 is 4.43 Å². The van der Waals surface area contributed by atoms with Crippen LogP contribution < -0.4 is 0 Å². The van der Waals surface area contributed by atoms with E-state index >= 15 is 0 Å². The van der Waals surface area contributed by atoms with Gasteiger partial charge in [0.25, 0.3) is 0 Å². The molecule has 0 saturated heterocycles. The van der Waals surface area contributed by atoms with Crippen LogP contribution >= 0.6 is 0 Å². The van der Waals surface area contributed by atoms with Gasteiger partial charge in [0.15, 0.2) is 8.32 Å². The minimum atomic E-state index is -1.65. The molecule has 0 radical (unpaired) electrons. The van der Waals surface area contributed by atoms with Crippen molar-refractivity contribution < 1.29 is 7.17 Å². The average molecular weight is 200 g/mol. The van der Waals surface area contributed by atoms with Crippen LogP contribution in [0.4, 0.5) is 0 Å². The standard InChI is InChI=1S/C11H22OSi/c1-10-7-5-6-8-11(10,9-10)12-13(2,3)4/h5-9H2,1-4H3/i9D2. The van der Waals surface area contributed by atoms with E-state index in [1.165, 1.54) is 0 Å². The van der Waals surface area contributed by atoms with Crippen molar-refractivity contribution in [3.63, 3.8) is 0 Å². The number of rotatable bonds is 2. The SMILES string of the molecule is [2H]C1([2H])C2(C)CCCCC12O[Si](C)(C)C. The Labute approximate surface area is 85.8 Å². The summed E-state index contributed by atoms with van der Waals surface area (Å²) in [7, 11) is -1.65. The van der Waals surface area contributed by atoms with E-state index < -0.39 is 20.3 Å². The summed E-state index contributed by atoms with van der Waals surface area (Å²) in [6, 6.07) is 0. The van der Waals surface area contributed by atoms with Gasteiger partial charge in [-0.3, -0.25) is 0 Å². The van der Waals surface area contributed by atoms with Gasteiger partial charge in [0.1, 0.15) is 0 Å². The van der Waals surface area contributed by atoms with Crippen LogP contribution in [-0.2, 0) is 4.43 Å². The highest BCUT2D eigenvalue weighted by molar-refractivity contribution is 6.69. The molecule has 0 aromatic heterocycles. The maximum atomic E-state index is 8.19. The third-order valence-electron chi connectivity index (χ3n) is 3.24. The lowest BCUT2D eigenvalue weighted by molar-refractivity contribution is 0.0874. The van der Waals surface area contributed by atoms with Crippen molar-refractivity contribution >= 4 is 8.32 Å². The lowest BCUT2D eigenvalue weighted by Gasteiger charge is -2.33. The second-order valence-electron chi connectivity index (χ2n) is 5.71. The number of hydrogen-bond acceptors (Lipinski definition) is 1. The summed E-state index contributed by atoms with van der Waals surface area (Å²) < 4.78 is 22.6. The second-order valence-corrected chi connectivity index (χ2v) is 10.1. The van der Waals surface area contributed by atoms with Crippen molar-refractivity contribution in [2.24, 2.45) is 5.41 Å². The molecule has 2 atom stereocenters. The van der Waals surface area contributed by atoms with E-state index in [4.69, 9.17) is 7.17 Å². The van der Waals surface area contributed by atoms with Gasteiger partial charge in [0.2, 0.25) is 0 Å². The van der Waals surface area contributed by atoms with Crippen LogP contribution in [0.15, 0.2) is 0 Å². The average Bonchev–Trinajstić information content (AvgIpc) is 2.41. The zero-order valence-corrected chi connectivity index (χ0v) is 10.2. The maximum Gasteiger partial charge on any atom is 0.184 e. The number of fused-ring (bicyclic) bond motifs is 1. The Morgan fingerprint density at radius 2 is 1.85 bits per heavy atom. The maximum absolute atomic E-state index is 8.19. The van der Waals surface area contributed by atoms with E-state index in [1.54, 1.807) is 0 Å². The van der Waals surface area contributed by atoms with E-state index in [0.717, 1.165) is 25.7 Å². The van der Waals surface area contributed by atoms with Crippen LogP contribution in [0.25, 0.3) is 0 Å². The molecule has 2 aliphatic carbocycles. The van der Waals surface area contributed by atoms with Crippen LogP contribution in [0.3, 0.4) is 0 Å². The summed E-state index contributed by atoms with van der Waals surface area (Å²) >= 11 is 0. The molecular formula is C11H22OSi. The predicted octanol–water partition coefficient (Wildman–Crippen LogP) is 3.56. The molecule has 13 heavy (non-hydrogen) atoms. The Morgan fingerprint density at radius 3 is 2.38 bits per heavy atom. The van der Waals surface area contributed by atoms with Gasteiger partial charge >= 0.3 is 0 Å². The molecule has 0 bridgehead atoms. The lowest BCUT2D eigenvalue weighted by atomic mass is 9.88. The molecule has 0 aliphatic heterocycles. The first-order valence-electron chi connectivity index (χ1n) is 6.37. The molecule has 0 aromatic rings. The van der Waals surface area contributed by atoms with E-state index in [-0.39, 0.29) is 5.41 Å². The van der Waals surface area contributed by atoms with E-state index in [2.05, 4.69) is 26.6 Å². The highest BCUT2D eigenvalue weighted by Gasteiger charge is 2.66. The Kier molecular flexibility index (Phi) is 1.49. The largest absolute Gasteiger partial charge is 0.412 e. The van der Waals surface area contributed by atoms with Crippen molar-refractivity contribution in [3.8, 4) is 0 Å². The van der Waals surface area contributed by atoms with Crippen molar-refractivity contribution in [2.75, 3.05) is 0 Å².